The largest absolute Gasteiger partial charge is 0.379 e. The second-order valence-electron chi connectivity index (χ2n) is 6.83. The van der Waals surface area contributed by atoms with Crippen molar-refractivity contribution in [3.63, 3.8) is 0 Å². The van der Waals surface area contributed by atoms with Crippen molar-refractivity contribution in [2.24, 2.45) is 0 Å². The Kier molecular flexibility index (Phi) is 6.86. The summed E-state index contributed by atoms with van der Waals surface area (Å²) < 4.78 is 32.5. The number of amides is 1. The fourth-order valence-corrected chi connectivity index (χ4v) is 5.49. The molecule has 0 bridgehead atoms. The number of carbonyl (C=O) groups excluding carboxylic acids is 1. The number of halogens is 2. The van der Waals surface area contributed by atoms with Gasteiger partial charge in [-0.1, -0.05) is 47.5 Å². The van der Waals surface area contributed by atoms with Crippen LogP contribution in [0.1, 0.15) is 34.5 Å². The lowest BCUT2D eigenvalue weighted by Crippen LogP contribution is -2.40. The highest BCUT2D eigenvalue weighted by molar-refractivity contribution is 7.89. The molecule has 2 aromatic rings. The minimum Gasteiger partial charge on any atom is -0.379 e. The van der Waals surface area contributed by atoms with Crippen LogP contribution < -0.4 is 5.32 Å². The summed E-state index contributed by atoms with van der Waals surface area (Å²) in [5, 5.41) is 2.94. The second-order valence-corrected chi connectivity index (χ2v) is 9.55. The molecule has 0 spiro atoms. The molecule has 1 amide bonds. The first-order chi connectivity index (χ1) is 13.7. The van der Waals surface area contributed by atoms with E-state index in [0.29, 0.717) is 13.2 Å². The zero-order valence-electron chi connectivity index (χ0n) is 16.1. The highest BCUT2D eigenvalue weighted by Crippen LogP contribution is 2.31. The summed E-state index contributed by atoms with van der Waals surface area (Å²) in [6, 6.07) is 9.96. The molecule has 1 aliphatic rings. The van der Waals surface area contributed by atoms with Gasteiger partial charge in [-0.25, -0.2) is 8.42 Å². The van der Waals surface area contributed by atoms with Gasteiger partial charge in [0.1, 0.15) is 4.90 Å². The van der Waals surface area contributed by atoms with Gasteiger partial charge in [-0.2, -0.15) is 4.31 Å². The highest BCUT2D eigenvalue weighted by atomic mass is 35.5. The van der Waals surface area contributed by atoms with Crippen LogP contribution in [0.25, 0.3) is 0 Å². The van der Waals surface area contributed by atoms with Crippen LogP contribution in [-0.4, -0.2) is 44.9 Å². The van der Waals surface area contributed by atoms with Crippen LogP contribution >= 0.6 is 23.2 Å². The molecule has 1 atom stereocenters. The minimum atomic E-state index is -3.87. The Morgan fingerprint density at radius 2 is 1.79 bits per heavy atom. The van der Waals surface area contributed by atoms with Gasteiger partial charge >= 0.3 is 0 Å². The summed E-state index contributed by atoms with van der Waals surface area (Å²) in [5.41, 5.74) is 2.06. The fraction of sp³-hybridized carbons (Fsp3) is 0.350. The summed E-state index contributed by atoms with van der Waals surface area (Å²) in [6.07, 6.45) is 0. The van der Waals surface area contributed by atoms with E-state index < -0.39 is 15.9 Å². The maximum Gasteiger partial charge on any atom is 0.253 e. The molecule has 2 aromatic carbocycles. The van der Waals surface area contributed by atoms with Gasteiger partial charge in [0.2, 0.25) is 10.0 Å². The molecule has 1 heterocycles. The molecule has 1 N–H and O–H groups in total. The Balaban J connectivity index is 1.91. The SMILES string of the molecule is Cc1ccccc1C(C)NC(=O)c1cc(S(=O)(=O)N2CCOCC2)c(Cl)cc1Cl. The van der Waals surface area contributed by atoms with Gasteiger partial charge in [-0.15, -0.1) is 0 Å². The molecule has 0 saturated carbocycles. The molecule has 9 heteroatoms. The van der Waals surface area contributed by atoms with E-state index in [0.717, 1.165) is 11.1 Å². The van der Waals surface area contributed by atoms with Crippen LogP contribution in [0.2, 0.25) is 10.0 Å². The van der Waals surface area contributed by atoms with Gasteiger partial charge in [0, 0.05) is 13.1 Å². The van der Waals surface area contributed by atoms with Gasteiger partial charge in [-0.05, 0) is 37.1 Å². The quantitative estimate of drug-likeness (QED) is 0.741. The maximum atomic E-state index is 13.0. The first kappa shape index (κ1) is 22.1. The van der Waals surface area contributed by atoms with E-state index in [9.17, 15) is 13.2 Å². The second kappa shape index (κ2) is 9.02. The average molecular weight is 457 g/mol. The van der Waals surface area contributed by atoms with Crippen LogP contribution in [0, 0.1) is 6.92 Å². The number of morpholine rings is 1. The molecular weight excluding hydrogens is 435 g/mol. The number of hydrogen-bond acceptors (Lipinski definition) is 4. The van der Waals surface area contributed by atoms with Crippen LogP contribution in [0.4, 0.5) is 0 Å². The van der Waals surface area contributed by atoms with E-state index in [4.69, 9.17) is 27.9 Å². The Morgan fingerprint density at radius 3 is 2.45 bits per heavy atom. The molecule has 0 aromatic heterocycles. The number of rotatable bonds is 5. The summed E-state index contributed by atoms with van der Waals surface area (Å²) in [7, 11) is -3.87. The van der Waals surface area contributed by atoms with Crippen molar-refractivity contribution in [3.05, 3.63) is 63.1 Å². The third kappa shape index (κ3) is 4.75. The van der Waals surface area contributed by atoms with Gasteiger partial charge in [0.05, 0.1) is 34.9 Å². The summed E-state index contributed by atoms with van der Waals surface area (Å²) in [5.74, 6) is -0.471. The third-order valence-electron chi connectivity index (χ3n) is 4.86. The molecule has 0 radical (unpaired) electrons. The number of aryl methyl sites for hydroxylation is 1. The Morgan fingerprint density at radius 1 is 1.14 bits per heavy atom. The number of hydrogen-bond donors (Lipinski definition) is 1. The number of benzene rings is 2. The highest BCUT2D eigenvalue weighted by Gasteiger charge is 2.30. The smallest absolute Gasteiger partial charge is 0.253 e. The zero-order valence-corrected chi connectivity index (χ0v) is 18.4. The number of sulfonamides is 1. The Bertz CT molecular complexity index is 1020. The Hall–Kier alpha value is -1.64. The lowest BCUT2D eigenvalue weighted by atomic mass is 10.0. The molecule has 0 aliphatic carbocycles. The standard InChI is InChI=1S/C20H22Cl2N2O4S/c1-13-5-3-4-6-15(13)14(2)23-20(25)16-11-19(18(22)12-17(16)21)29(26,27)24-7-9-28-10-8-24/h3-6,11-12,14H,7-10H2,1-2H3,(H,23,25). The van der Waals surface area contributed by atoms with Crippen LogP contribution in [0.15, 0.2) is 41.3 Å². The molecule has 29 heavy (non-hydrogen) atoms. The lowest BCUT2D eigenvalue weighted by molar-refractivity contribution is 0.0730. The number of nitrogens with zero attached hydrogens (tertiary/aromatic N) is 1. The van der Waals surface area contributed by atoms with E-state index in [2.05, 4.69) is 5.32 Å². The minimum absolute atomic E-state index is 0.0232. The van der Waals surface area contributed by atoms with Gasteiger partial charge in [0.25, 0.3) is 5.91 Å². The van der Waals surface area contributed by atoms with Crippen LogP contribution in [0.3, 0.4) is 0 Å². The predicted molar refractivity (Wildman–Crippen MR) is 113 cm³/mol. The van der Waals surface area contributed by atoms with E-state index in [1.54, 1.807) is 0 Å². The van der Waals surface area contributed by atoms with Gasteiger partial charge in [-0.3, -0.25) is 4.79 Å². The van der Waals surface area contributed by atoms with E-state index >= 15 is 0 Å². The van der Waals surface area contributed by atoms with Crippen molar-refractivity contribution < 1.29 is 17.9 Å². The molecule has 1 unspecified atom stereocenters. The number of nitrogens with one attached hydrogen (secondary N) is 1. The molecule has 6 nitrogen and oxygen atoms in total. The first-order valence-corrected chi connectivity index (χ1v) is 11.3. The first-order valence-electron chi connectivity index (χ1n) is 9.15. The van der Waals surface area contributed by atoms with Crippen molar-refractivity contribution in [1.29, 1.82) is 0 Å². The van der Waals surface area contributed by atoms with Crippen molar-refractivity contribution in [3.8, 4) is 0 Å². The number of ether oxygens (including phenoxy) is 1. The van der Waals surface area contributed by atoms with E-state index in [1.165, 1.54) is 16.4 Å². The van der Waals surface area contributed by atoms with Crippen molar-refractivity contribution in [2.45, 2.75) is 24.8 Å². The Labute approximate surface area is 180 Å². The van der Waals surface area contributed by atoms with E-state index in [-0.39, 0.29) is 39.6 Å². The predicted octanol–water partition coefficient (Wildman–Crippen LogP) is 3.81. The van der Waals surface area contributed by atoms with Gasteiger partial charge < -0.3 is 10.1 Å². The van der Waals surface area contributed by atoms with Crippen molar-refractivity contribution >= 4 is 39.1 Å². The molecular formula is C20H22Cl2N2O4S. The van der Waals surface area contributed by atoms with Gasteiger partial charge in [0.15, 0.2) is 0 Å². The van der Waals surface area contributed by atoms with E-state index in [1.807, 2.05) is 38.1 Å². The van der Waals surface area contributed by atoms with Crippen molar-refractivity contribution in [2.75, 3.05) is 26.3 Å². The molecule has 156 valence electrons. The molecule has 1 fully saturated rings. The summed E-state index contributed by atoms with van der Waals surface area (Å²) >= 11 is 12.4. The van der Waals surface area contributed by atoms with Crippen LogP contribution in [0.5, 0.6) is 0 Å². The zero-order chi connectivity index (χ0) is 21.2. The van der Waals surface area contributed by atoms with Crippen molar-refractivity contribution in [1.82, 2.24) is 9.62 Å². The average Bonchev–Trinajstić information content (AvgIpc) is 2.68. The summed E-state index contributed by atoms with van der Waals surface area (Å²) in [4.78, 5) is 12.7. The topological polar surface area (TPSA) is 75.7 Å². The monoisotopic (exact) mass is 456 g/mol. The normalized spacial score (nSPS) is 16.4. The number of carbonyl (C=O) groups is 1. The molecule has 3 rings (SSSR count). The molecule has 1 saturated heterocycles. The lowest BCUT2D eigenvalue weighted by Gasteiger charge is -2.26. The maximum absolute atomic E-state index is 13.0. The third-order valence-corrected chi connectivity index (χ3v) is 7.53. The van der Waals surface area contributed by atoms with Crippen LogP contribution in [-0.2, 0) is 14.8 Å². The summed E-state index contributed by atoms with van der Waals surface area (Å²) in [6.45, 7) is 4.90. The molecule has 1 aliphatic heterocycles. The fourth-order valence-electron chi connectivity index (χ4n) is 3.25.